The van der Waals surface area contributed by atoms with E-state index < -0.39 is 17.6 Å². The molecular weight excluding hydrogens is 297 g/mol. The van der Waals surface area contributed by atoms with Gasteiger partial charge in [0.1, 0.15) is 0 Å². The fourth-order valence-corrected chi connectivity index (χ4v) is 1.93. The molecule has 1 heterocycles. The van der Waals surface area contributed by atoms with Crippen LogP contribution in [-0.4, -0.2) is 10.9 Å². The molecule has 7 heteroatoms. The number of benzene rings is 1. The molecule has 1 aromatic carbocycles. The van der Waals surface area contributed by atoms with Gasteiger partial charge in [-0.05, 0) is 30.2 Å². The number of amides is 1. The molecule has 2 rings (SSSR count). The van der Waals surface area contributed by atoms with Crippen LogP contribution in [-0.2, 0) is 6.18 Å². The Morgan fingerprint density at radius 3 is 2.32 bits per heavy atom. The molecule has 22 heavy (non-hydrogen) atoms. The van der Waals surface area contributed by atoms with Crippen molar-refractivity contribution in [3.63, 3.8) is 0 Å². The molecule has 118 valence electrons. The van der Waals surface area contributed by atoms with Gasteiger partial charge in [-0.15, -0.1) is 0 Å². The zero-order valence-corrected chi connectivity index (χ0v) is 12.3. The van der Waals surface area contributed by atoms with Gasteiger partial charge < -0.3 is 9.73 Å². The Labute approximate surface area is 125 Å². The number of anilines is 1. The van der Waals surface area contributed by atoms with Crippen LogP contribution in [0.15, 0.2) is 28.7 Å². The Bertz CT molecular complexity index is 673. The van der Waals surface area contributed by atoms with Crippen molar-refractivity contribution in [2.75, 3.05) is 5.32 Å². The maximum Gasteiger partial charge on any atom is 0.416 e. The van der Waals surface area contributed by atoms with Crippen LogP contribution in [0.5, 0.6) is 0 Å². The highest BCUT2D eigenvalue weighted by Crippen LogP contribution is 2.30. The van der Waals surface area contributed by atoms with Crippen LogP contribution in [0.25, 0.3) is 0 Å². The molecule has 0 atom stereocenters. The monoisotopic (exact) mass is 312 g/mol. The number of hydrogen-bond acceptors (Lipinski definition) is 3. The molecule has 4 nitrogen and oxygen atoms in total. The average molecular weight is 312 g/mol. The number of hydrogen-bond donors (Lipinski definition) is 1. The molecule has 0 aliphatic carbocycles. The summed E-state index contributed by atoms with van der Waals surface area (Å²) in [5, 5.41) is 2.51. The third-order valence-corrected chi connectivity index (χ3v) is 2.98. The van der Waals surface area contributed by atoms with Crippen LogP contribution < -0.4 is 5.32 Å². The highest BCUT2D eigenvalue weighted by Gasteiger charge is 2.30. The molecular formula is C15H15F3N2O2. The fraction of sp³-hybridized carbons (Fsp3) is 0.333. The maximum absolute atomic E-state index is 12.5. The van der Waals surface area contributed by atoms with Gasteiger partial charge in [0.15, 0.2) is 5.89 Å². The maximum atomic E-state index is 12.5. The molecule has 2 aromatic rings. The Hall–Kier alpha value is -2.31. The Kier molecular flexibility index (Phi) is 4.25. The van der Waals surface area contributed by atoms with E-state index in [1.54, 1.807) is 6.92 Å². The lowest BCUT2D eigenvalue weighted by atomic mass is 10.1. The van der Waals surface area contributed by atoms with Crippen molar-refractivity contribution in [3.05, 3.63) is 47.2 Å². The number of carbonyl (C=O) groups is 1. The second-order valence-corrected chi connectivity index (χ2v) is 5.13. The number of carbonyl (C=O) groups excluding carboxylic acids is 1. The lowest BCUT2D eigenvalue weighted by Gasteiger charge is -2.09. The van der Waals surface area contributed by atoms with Crippen molar-refractivity contribution in [2.45, 2.75) is 32.9 Å². The lowest BCUT2D eigenvalue weighted by Crippen LogP contribution is -2.14. The first-order valence-corrected chi connectivity index (χ1v) is 6.64. The van der Waals surface area contributed by atoms with Gasteiger partial charge in [0.05, 0.1) is 11.3 Å². The van der Waals surface area contributed by atoms with Crippen LogP contribution in [0.2, 0.25) is 0 Å². The van der Waals surface area contributed by atoms with Gasteiger partial charge in [0.25, 0.3) is 5.91 Å². The molecule has 0 aliphatic rings. The summed E-state index contributed by atoms with van der Waals surface area (Å²) >= 11 is 0. The van der Waals surface area contributed by atoms with Crippen LogP contribution in [0.4, 0.5) is 18.9 Å². The highest BCUT2D eigenvalue weighted by molar-refractivity contribution is 6.03. The van der Waals surface area contributed by atoms with Gasteiger partial charge in [-0.25, -0.2) is 4.98 Å². The van der Waals surface area contributed by atoms with Crippen LogP contribution >= 0.6 is 0 Å². The van der Waals surface area contributed by atoms with Gasteiger partial charge in [-0.3, -0.25) is 4.79 Å². The first kappa shape index (κ1) is 16.1. The molecule has 0 spiro atoms. The van der Waals surface area contributed by atoms with Gasteiger partial charge in [-0.2, -0.15) is 13.2 Å². The van der Waals surface area contributed by atoms with Crippen molar-refractivity contribution < 1.29 is 22.4 Å². The number of nitrogens with one attached hydrogen (secondary N) is 1. The van der Waals surface area contributed by atoms with E-state index in [0.717, 1.165) is 12.1 Å². The first-order valence-electron chi connectivity index (χ1n) is 6.64. The molecule has 0 bridgehead atoms. The minimum atomic E-state index is -4.41. The standard InChI is InChI=1S/C15H15F3N2O2/c1-8(2)12-13(22-9(3)19-12)14(21)20-11-6-4-10(5-7-11)15(16,17)18/h4-8H,1-3H3,(H,20,21). The summed E-state index contributed by atoms with van der Waals surface area (Å²) in [6.07, 6.45) is -4.41. The number of aryl methyl sites for hydroxylation is 1. The SMILES string of the molecule is Cc1nc(C(C)C)c(C(=O)Nc2ccc(C(F)(F)F)cc2)o1. The predicted octanol–water partition coefficient (Wildman–Crippen LogP) is 4.38. The van der Waals surface area contributed by atoms with E-state index in [1.807, 2.05) is 13.8 Å². The summed E-state index contributed by atoms with van der Waals surface area (Å²) in [5.74, 6) is -0.108. The normalized spacial score (nSPS) is 11.8. The fourth-order valence-electron chi connectivity index (χ4n) is 1.93. The van der Waals surface area contributed by atoms with Crippen LogP contribution in [0.3, 0.4) is 0 Å². The summed E-state index contributed by atoms with van der Waals surface area (Å²) in [5.41, 5.74) is -0.00690. The minimum Gasteiger partial charge on any atom is -0.436 e. The second-order valence-electron chi connectivity index (χ2n) is 5.13. The van der Waals surface area contributed by atoms with E-state index in [2.05, 4.69) is 10.3 Å². The third kappa shape index (κ3) is 3.47. The van der Waals surface area contributed by atoms with Crippen molar-refractivity contribution in [3.8, 4) is 0 Å². The average Bonchev–Trinajstić information content (AvgIpc) is 2.81. The molecule has 0 fully saturated rings. The van der Waals surface area contributed by atoms with E-state index >= 15 is 0 Å². The van der Waals surface area contributed by atoms with Crippen molar-refractivity contribution in [2.24, 2.45) is 0 Å². The smallest absolute Gasteiger partial charge is 0.416 e. The number of alkyl halides is 3. The molecule has 0 radical (unpaired) electrons. The lowest BCUT2D eigenvalue weighted by molar-refractivity contribution is -0.137. The van der Waals surface area contributed by atoms with Gasteiger partial charge in [0.2, 0.25) is 5.76 Å². The van der Waals surface area contributed by atoms with Gasteiger partial charge in [0, 0.05) is 12.6 Å². The minimum absolute atomic E-state index is 0.00851. The first-order chi connectivity index (χ1) is 10.2. The molecule has 1 N–H and O–H groups in total. The molecule has 1 aromatic heterocycles. The summed E-state index contributed by atoms with van der Waals surface area (Å²) in [7, 11) is 0. The molecule has 0 aliphatic heterocycles. The molecule has 1 amide bonds. The van der Waals surface area contributed by atoms with E-state index in [4.69, 9.17) is 4.42 Å². The van der Waals surface area contributed by atoms with E-state index in [9.17, 15) is 18.0 Å². The largest absolute Gasteiger partial charge is 0.436 e. The Morgan fingerprint density at radius 1 is 1.23 bits per heavy atom. The predicted molar refractivity (Wildman–Crippen MR) is 74.7 cm³/mol. The number of rotatable bonds is 3. The molecule has 0 saturated carbocycles. The Balaban J connectivity index is 2.19. The summed E-state index contributed by atoms with van der Waals surface area (Å²) < 4.78 is 42.7. The van der Waals surface area contributed by atoms with Crippen molar-refractivity contribution in [1.29, 1.82) is 0 Å². The number of oxazole rings is 1. The third-order valence-electron chi connectivity index (χ3n) is 2.98. The summed E-state index contributed by atoms with van der Waals surface area (Å²) in [6.45, 7) is 5.36. The van der Waals surface area contributed by atoms with E-state index in [0.29, 0.717) is 11.6 Å². The number of halogens is 3. The van der Waals surface area contributed by atoms with Crippen molar-refractivity contribution in [1.82, 2.24) is 4.98 Å². The number of nitrogens with zero attached hydrogens (tertiary/aromatic N) is 1. The zero-order valence-electron chi connectivity index (χ0n) is 12.3. The van der Waals surface area contributed by atoms with Gasteiger partial charge >= 0.3 is 6.18 Å². The summed E-state index contributed by atoms with van der Waals surface area (Å²) in [4.78, 5) is 16.3. The molecule has 0 saturated heterocycles. The second kappa shape index (κ2) is 5.82. The van der Waals surface area contributed by atoms with Crippen LogP contribution in [0, 0.1) is 6.92 Å². The quantitative estimate of drug-likeness (QED) is 0.915. The summed E-state index contributed by atoms with van der Waals surface area (Å²) in [6, 6.07) is 4.20. The zero-order chi connectivity index (χ0) is 16.5. The van der Waals surface area contributed by atoms with Crippen molar-refractivity contribution >= 4 is 11.6 Å². The highest BCUT2D eigenvalue weighted by atomic mass is 19.4. The number of aromatic nitrogens is 1. The molecule has 0 unspecified atom stereocenters. The van der Waals surface area contributed by atoms with Crippen LogP contribution in [0.1, 0.15) is 47.5 Å². The Morgan fingerprint density at radius 2 is 1.82 bits per heavy atom. The topological polar surface area (TPSA) is 55.1 Å². The van der Waals surface area contributed by atoms with Gasteiger partial charge in [-0.1, -0.05) is 13.8 Å². The van der Waals surface area contributed by atoms with E-state index in [-0.39, 0.29) is 17.4 Å². The van der Waals surface area contributed by atoms with E-state index in [1.165, 1.54) is 12.1 Å².